The van der Waals surface area contributed by atoms with Gasteiger partial charge in [-0.15, -0.1) is 0 Å². The first-order valence-corrected chi connectivity index (χ1v) is 14.6. The molecule has 2 aromatic carbocycles. The van der Waals surface area contributed by atoms with Crippen LogP contribution in [-0.2, 0) is 36.2 Å². The Labute approximate surface area is 210 Å². The van der Waals surface area contributed by atoms with Crippen LogP contribution in [0.5, 0.6) is 11.5 Å². The fraction of sp³-hybridized carbons (Fsp3) is 0.458. The van der Waals surface area contributed by atoms with Crippen LogP contribution in [-0.4, -0.2) is 70.8 Å². The number of nitrogens with zero attached hydrogens (tertiary/aromatic N) is 2. The van der Waals surface area contributed by atoms with Crippen molar-refractivity contribution >= 4 is 26.0 Å². The van der Waals surface area contributed by atoms with E-state index < -0.39 is 32.1 Å². The van der Waals surface area contributed by atoms with Gasteiger partial charge in [-0.3, -0.25) is 4.79 Å². The van der Waals surface area contributed by atoms with Crippen LogP contribution in [0.15, 0.2) is 52.3 Å². The van der Waals surface area contributed by atoms with Gasteiger partial charge >= 0.3 is 5.97 Å². The normalized spacial score (nSPS) is 23.7. The Morgan fingerprint density at radius 3 is 2.50 bits per heavy atom. The number of sulfonamides is 2. The molecule has 2 aliphatic heterocycles. The number of esters is 1. The Kier molecular flexibility index (Phi) is 6.48. The van der Waals surface area contributed by atoms with Gasteiger partial charge in [-0.25, -0.2) is 21.1 Å². The fourth-order valence-electron chi connectivity index (χ4n) is 5.14. The zero-order valence-corrected chi connectivity index (χ0v) is 21.6. The third kappa shape index (κ3) is 4.36. The van der Waals surface area contributed by atoms with Gasteiger partial charge in [0.2, 0.25) is 20.0 Å². The van der Waals surface area contributed by atoms with Crippen LogP contribution < -0.4 is 9.47 Å². The highest BCUT2D eigenvalue weighted by atomic mass is 32.2. The van der Waals surface area contributed by atoms with Crippen LogP contribution >= 0.6 is 0 Å². The minimum Gasteiger partial charge on any atom is -0.486 e. The summed E-state index contributed by atoms with van der Waals surface area (Å²) in [6, 6.07) is 9.42. The number of ether oxygens (including phenoxy) is 3. The van der Waals surface area contributed by atoms with Crippen LogP contribution in [0.4, 0.5) is 0 Å². The standard InChI is InChI=1S/C24H28N2O8S2/c1-25(2)35(28,29)19-5-3-4-16(12-19)15-34-24(27)23-17-6-7-18(13-17)26(23)36(30,31)20-8-9-21-22(14-20)33-11-10-32-21/h3-5,8-9,12,14,17-18,23H,6-7,10-11,13,15H2,1-2H3/t17-,18-,23-/m0/s1. The van der Waals surface area contributed by atoms with E-state index in [1.165, 1.54) is 42.7 Å². The van der Waals surface area contributed by atoms with Crippen LogP contribution in [0.3, 0.4) is 0 Å². The first kappa shape index (κ1) is 25.0. The molecule has 194 valence electrons. The number of piperidine rings is 1. The van der Waals surface area contributed by atoms with Gasteiger partial charge < -0.3 is 14.2 Å². The van der Waals surface area contributed by atoms with E-state index in [-0.39, 0.29) is 28.4 Å². The summed E-state index contributed by atoms with van der Waals surface area (Å²) in [5.74, 6) is 0.0788. The third-order valence-corrected chi connectivity index (χ3v) is 10.7. The largest absolute Gasteiger partial charge is 0.486 e. The highest BCUT2D eigenvalue weighted by Crippen LogP contribution is 2.46. The predicted molar refractivity (Wildman–Crippen MR) is 128 cm³/mol. The Hall–Kier alpha value is -2.67. The molecule has 3 atom stereocenters. The monoisotopic (exact) mass is 536 g/mol. The van der Waals surface area contributed by atoms with Crippen molar-refractivity contribution in [1.82, 2.24) is 8.61 Å². The summed E-state index contributed by atoms with van der Waals surface area (Å²) < 4.78 is 71.2. The minimum atomic E-state index is -4.00. The smallest absolute Gasteiger partial charge is 0.325 e. The van der Waals surface area contributed by atoms with E-state index in [9.17, 15) is 21.6 Å². The summed E-state index contributed by atoms with van der Waals surface area (Å²) >= 11 is 0. The average Bonchev–Trinajstić information content (AvgIpc) is 3.49. The second-order valence-corrected chi connectivity index (χ2v) is 13.3. The minimum absolute atomic E-state index is 0.0405. The van der Waals surface area contributed by atoms with E-state index in [1.807, 2.05) is 0 Å². The van der Waals surface area contributed by atoms with Crippen LogP contribution in [0.1, 0.15) is 24.8 Å². The first-order valence-electron chi connectivity index (χ1n) is 11.7. The molecule has 2 bridgehead atoms. The second-order valence-electron chi connectivity index (χ2n) is 9.35. The zero-order chi connectivity index (χ0) is 25.7. The summed E-state index contributed by atoms with van der Waals surface area (Å²) in [4.78, 5) is 13.3. The summed E-state index contributed by atoms with van der Waals surface area (Å²) in [7, 11) is -4.77. The highest BCUT2D eigenvalue weighted by Gasteiger charge is 2.55. The van der Waals surface area contributed by atoms with Crippen molar-refractivity contribution in [2.75, 3.05) is 27.3 Å². The molecule has 36 heavy (non-hydrogen) atoms. The third-order valence-electron chi connectivity index (χ3n) is 6.91. The molecule has 0 unspecified atom stereocenters. The highest BCUT2D eigenvalue weighted by molar-refractivity contribution is 7.89. The number of fused-ring (bicyclic) bond motifs is 3. The lowest BCUT2D eigenvalue weighted by Crippen LogP contribution is -2.49. The summed E-state index contributed by atoms with van der Waals surface area (Å²) in [6.45, 7) is 0.561. The maximum atomic E-state index is 13.7. The van der Waals surface area contributed by atoms with E-state index in [0.29, 0.717) is 43.1 Å². The molecule has 0 spiro atoms. The van der Waals surface area contributed by atoms with E-state index in [4.69, 9.17) is 14.2 Å². The molecule has 0 N–H and O–H groups in total. The van der Waals surface area contributed by atoms with Gasteiger partial charge in [0.05, 0.1) is 9.79 Å². The quantitative estimate of drug-likeness (QED) is 0.493. The van der Waals surface area contributed by atoms with E-state index >= 15 is 0 Å². The average molecular weight is 537 g/mol. The van der Waals surface area contributed by atoms with Gasteiger partial charge in [0, 0.05) is 26.2 Å². The molecule has 2 aromatic rings. The predicted octanol–water partition coefficient (Wildman–Crippen LogP) is 1.99. The summed E-state index contributed by atoms with van der Waals surface area (Å²) in [6.07, 6.45) is 2.02. The van der Waals surface area contributed by atoms with E-state index in [2.05, 4.69) is 0 Å². The van der Waals surface area contributed by atoms with Gasteiger partial charge in [0.25, 0.3) is 0 Å². The molecule has 10 nitrogen and oxygen atoms in total. The fourth-order valence-corrected chi connectivity index (χ4v) is 7.99. The molecule has 1 aliphatic carbocycles. The summed E-state index contributed by atoms with van der Waals surface area (Å²) in [5.41, 5.74) is 0.496. The number of carbonyl (C=O) groups excluding carboxylic acids is 1. The lowest BCUT2D eigenvalue weighted by molar-refractivity contribution is -0.151. The van der Waals surface area contributed by atoms with Gasteiger partial charge in [-0.2, -0.15) is 4.31 Å². The van der Waals surface area contributed by atoms with Crippen molar-refractivity contribution in [3.05, 3.63) is 48.0 Å². The Balaban J connectivity index is 1.36. The van der Waals surface area contributed by atoms with E-state index in [1.54, 1.807) is 18.2 Å². The van der Waals surface area contributed by atoms with Gasteiger partial charge in [0.1, 0.15) is 25.9 Å². The lowest BCUT2D eigenvalue weighted by Gasteiger charge is -2.33. The molecule has 5 rings (SSSR count). The van der Waals surface area contributed by atoms with Crippen LogP contribution in [0.25, 0.3) is 0 Å². The lowest BCUT2D eigenvalue weighted by atomic mass is 10.0. The molecule has 2 heterocycles. The van der Waals surface area contributed by atoms with E-state index in [0.717, 1.165) is 10.7 Å². The van der Waals surface area contributed by atoms with Crippen molar-refractivity contribution in [2.24, 2.45) is 5.92 Å². The zero-order valence-electron chi connectivity index (χ0n) is 20.0. The van der Waals surface area contributed by atoms with Crippen LogP contribution in [0.2, 0.25) is 0 Å². The molecule has 0 aromatic heterocycles. The van der Waals surface area contributed by atoms with Gasteiger partial charge in [-0.05, 0) is 55.0 Å². The Morgan fingerprint density at radius 2 is 1.75 bits per heavy atom. The SMILES string of the molecule is CN(C)S(=O)(=O)c1cccc(COC(=O)[C@@H]2[C@H]3CC[C@@H](C3)N2S(=O)(=O)c2ccc3c(c2)OCCO3)c1. The molecular formula is C24H28N2O8S2. The van der Waals surface area contributed by atoms with Crippen LogP contribution in [0, 0.1) is 5.92 Å². The Bertz CT molecular complexity index is 1390. The van der Waals surface area contributed by atoms with Crippen molar-refractivity contribution in [1.29, 1.82) is 0 Å². The van der Waals surface area contributed by atoms with Crippen molar-refractivity contribution in [3.63, 3.8) is 0 Å². The van der Waals surface area contributed by atoms with Gasteiger partial charge in [-0.1, -0.05) is 12.1 Å². The number of carbonyl (C=O) groups is 1. The van der Waals surface area contributed by atoms with Crippen molar-refractivity contribution in [2.45, 2.75) is 47.7 Å². The molecule has 3 aliphatic rings. The molecule has 0 amide bonds. The summed E-state index contributed by atoms with van der Waals surface area (Å²) in [5, 5.41) is 0. The maximum Gasteiger partial charge on any atom is 0.325 e. The molecule has 2 fully saturated rings. The number of hydrogen-bond acceptors (Lipinski definition) is 8. The topological polar surface area (TPSA) is 120 Å². The number of rotatable bonds is 7. The number of hydrogen-bond donors (Lipinski definition) is 0. The van der Waals surface area contributed by atoms with Gasteiger partial charge in [0.15, 0.2) is 11.5 Å². The molecular weight excluding hydrogens is 508 g/mol. The van der Waals surface area contributed by atoms with Crippen molar-refractivity contribution in [3.8, 4) is 11.5 Å². The molecule has 1 saturated heterocycles. The Morgan fingerprint density at radius 1 is 1.00 bits per heavy atom. The molecule has 1 saturated carbocycles. The second kappa shape index (κ2) is 9.33. The first-order chi connectivity index (χ1) is 17.1. The van der Waals surface area contributed by atoms with Crippen molar-refractivity contribution < 1.29 is 35.8 Å². The number of benzene rings is 2. The maximum absolute atomic E-state index is 13.7. The molecule has 0 radical (unpaired) electrons. The molecule has 12 heteroatoms.